The van der Waals surface area contributed by atoms with Gasteiger partial charge in [-0.1, -0.05) is 13.8 Å². The lowest BCUT2D eigenvalue weighted by Crippen LogP contribution is -2.30. The number of halogens is 1. The van der Waals surface area contributed by atoms with E-state index in [0.717, 1.165) is 22.0 Å². The van der Waals surface area contributed by atoms with Crippen molar-refractivity contribution in [3.63, 3.8) is 0 Å². The van der Waals surface area contributed by atoms with Crippen LogP contribution in [0.2, 0.25) is 0 Å². The average molecular weight is 283 g/mol. The lowest BCUT2D eigenvalue weighted by Gasteiger charge is -2.32. The van der Waals surface area contributed by atoms with Crippen LogP contribution in [-0.4, -0.2) is 11.0 Å². The van der Waals surface area contributed by atoms with Gasteiger partial charge >= 0.3 is 0 Å². The van der Waals surface area contributed by atoms with Crippen LogP contribution in [0.1, 0.15) is 33.1 Å². The molecule has 0 amide bonds. The topological polar surface area (TPSA) is 24.9 Å². The first-order valence-electron chi connectivity index (χ1n) is 6.00. The van der Waals surface area contributed by atoms with Gasteiger partial charge in [0.15, 0.2) is 0 Å². The zero-order chi connectivity index (χ0) is 11.5. The number of nitrogens with zero attached hydrogens (tertiary/aromatic N) is 1. The van der Waals surface area contributed by atoms with Crippen LogP contribution in [0.4, 0.5) is 5.69 Å². The number of pyridine rings is 1. The second kappa shape index (κ2) is 5.17. The van der Waals surface area contributed by atoms with Gasteiger partial charge in [0.1, 0.15) is 0 Å². The molecule has 1 heterocycles. The maximum atomic E-state index is 4.18. The summed E-state index contributed by atoms with van der Waals surface area (Å²) in [7, 11) is 0. The highest BCUT2D eigenvalue weighted by Crippen LogP contribution is 2.30. The minimum absolute atomic E-state index is 0.606. The normalized spacial score (nSPS) is 30.1. The van der Waals surface area contributed by atoms with E-state index >= 15 is 0 Å². The van der Waals surface area contributed by atoms with Gasteiger partial charge in [0.25, 0.3) is 0 Å². The molecule has 0 bridgehead atoms. The molecule has 1 aromatic heterocycles. The first-order valence-corrected chi connectivity index (χ1v) is 6.80. The van der Waals surface area contributed by atoms with Crippen molar-refractivity contribution in [1.29, 1.82) is 0 Å². The van der Waals surface area contributed by atoms with E-state index in [4.69, 9.17) is 0 Å². The Balaban J connectivity index is 1.98. The minimum Gasteiger partial charge on any atom is -0.381 e. The van der Waals surface area contributed by atoms with Gasteiger partial charge in [-0.2, -0.15) is 0 Å². The molecule has 0 saturated heterocycles. The third kappa shape index (κ3) is 3.21. The summed E-state index contributed by atoms with van der Waals surface area (Å²) in [4.78, 5) is 4.18. The van der Waals surface area contributed by atoms with Gasteiger partial charge in [-0.15, -0.1) is 0 Å². The Morgan fingerprint density at radius 1 is 1.19 bits per heavy atom. The fourth-order valence-corrected chi connectivity index (χ4v) is 3.16. The number of aromatic nitrogens is 1. The monoisotopic (exact) mass is 282 g/mol. The summed E-state index contributed by atoms with van der Waals surface area (Å²) in [5, 5.41) is 3.59. The molecule has 2 atom stereocenters. The number of anilines is 1. The summed E-state index contributed by atoms with van der Waals surface area (Å²) in [5.74, 6) is 1.67. The fourth-order valence-electron chi connectivity index (χ4n) is 2.79. The number of rotatable bonds is 2. The fraction of sp³-hybridized carbons (Fsp3) is 0.615. The van der Waals surface area contributed by atoms with E-state index in [9.17, 15) is 0 Å². The molecule has 1 aromatic rings. The van der Waals surface area contributed by atoms with Crippen molar-refractivity contribution in [2.45, 2.75) is 39.2 Å². The number of hydrogen-bond acceptors (Lipinski definition) is 2. The van der Waals surface area contributed by atoms with Crippen molar-refractivity contribution >= 4 is 21.6 Å². The van der Waals surface area contributed by atoms with Gasteiger partial charge in [0.05, 0.1) is 11.9 Å². The molecule has 0 radical (unpaired) electrons. The van der Waals surface area contributed by atoms with Gasteiger partial charge < -0.3 is 5.32 Å². The molecule has 1 N–H and O–H groups in total. The zero-order valence-electron chi connectivity index (χ0n) is 9.91. The molecule has 2 nitrogen and oxygen atoms in total. The minimum atomic E-state index is 0.606. The first kappa shape index (κ1) is 11.9. The highest BCUT2D eigenvalue weighted by atomic mass is 79.9. The van der Waals surface area contributed by atoms with Crippen LogP contribution in [-0.2, 0) is 0 Å². The summed E-state index contributed by atoms with van der Waals surface area (Å²) in [6.45, 7) is 4.70. The maximum Gasteiger partial charge on any atom is 0.0540 e. The predicted octanol–water partition coefficient (Wildman–Crippen LogP) is 4.08. The van der Waals surface area contributed by atoms with Gasteiger partial charge in [-0.25, -0.2) is 0 Å². The van der Waals surface area contributed by atoms with E-state index in [1.807, 2.05) is 12.4 Å². The number of hydrogen-bond donors (Lipinski definition) is 1. The van der Waals surface area contributed by atoms with Crippen molar-refractivity contribution in [1.82, 2.24) is 4.98 Å². The lowest BCUT2D eigenvalue weighted by atomic mass is 9.80. The molecule has 1 aliphatic carbocycles. The van der Waals surface area contributed by atoms with Crippen molar-refractivity contribution in [3.8, 4) is 0 Å². The molecule has 16 heavy (non-hydrogen) atoms. The summed E-state index contributed by atoms with van der Waals surface area (Å²) < 4.78 is 1.04. The van der Waals surface area contributed by atoms with Crippen molar-refractivity contribution in [3.05, 3.63) is 22.9 Å². The molecule has 0 aromatic carbocycles. The molecule has 2 unspecified atom stereocenters. The van der Waals surface area contributed by atoms with Crippen LogP contribution >= 0.6 is 15.9 Å². The van der Waals surface area contributed by atoms with Crippen molar-refractivity contribution < 1.29 is 0 Å². The maximum absolute atomic E-state index is 4.18. The Morgan fingerprint density at radius 2 is 1.88 bits per heavy atom. The van der Waals surface area contributed by atoms with Gasteiger partial charge in [-0.05, 0) is 53.1 Å². The van der Waals surface area contributed by atoms with Crippen LogP contribution in [0.15, 0.2) is 22.9 Å². The molecule has 1 fully saturated rings. The van der Waals surface area contributed by atoms with Gasteiger partial charge in [0, 0.05) is 16.7 Å². The van der Waals surface area contributed by atoms with E-state index in [-0.39, 0.29) is 0 Å². The molecule has 88 valence electrons. The third-order valence-electron chi connectivity index (χ3n) is 3.25. The Hall–Kier alpha value is -0.570. The Labute approximate surface area is 106 Å². The Bertz CT molecular complexity index is 344. The number of nitrogens with one attached hydrogen (secondary N) is 1. The van der Waals surface area contributed by atoms with Crippen LogP contribution < -0.4 is 5.32 Å². The zero-order valence-corrected chi connectivity index (χ0v) is 11.5. The van der Waals surface area contributed by atoms with E-state index in [0.29, 0.717) is 6.04 Å². The first-order chi connectivity index (χ1) is 7.63. The molecule has 1 saturated carbocycles. The van der Waals surface area contributed by atoms with Crippen LogP contribution in [0.5, 0.6) is 0 Å². The smallest absolute Gasteiger partial charge is 0.0540 e. The van der Waals surface area contributed by atoms with E-state index in [1.54, 1.807) is 0 Å². The molecule has 1 aliphatic rings. The van der Waals surface area contributed by atoms with Crippen LogP contribution in [0.3, 0.4) is 0 Å². The summed E-state index contributed by atoms with van der Waals surface area (Å²) >= 11 is 3.45. The second-order valence-corrected chi connectivity index (χ2v) is 6.07. The quantitative estimate of drug-likeness (QED) is 0.884. The molecule has 0 spiro atoms. The molecule has 2 rings (SSSR count). The van der Waals surface area contributed by atoms with E-state index in [1.165, 1.54) is 19.3 Å². The molecular formula is C13H19BrN2. The average Bonchev–Trinajstić information content (AvgIpc) is 2.15. The standard InChI is InChI=1S/C13H19BrN2/c1-9-3-10(2)5-12(4-9)16-13-6-11(14)7-15-8-13/h6-10,12,16H,3-5H2,1-2H3. The Kier molecular flexibility index (Phi) is 3.85. The highest BCUT2D eigenvalue weighted by Gasteiger charge is 2.23. The Morgan fingerprint density at radius 3 is 2.50 bits per heavy atom. The highest BCUT2D eigenvalue weighted by molar-refractivity contribution is 9.10. The third-order valence-corrected chi connectivity index (χ3v) is 3.69. The molecule has 0 aliphatic heterocycles. The van der Waals surface area contributed by atoms with Crippen molar-refractivity contribution in [2.75, 3.05) is 5.32 Å². The van der Waals surface area contributed by atoms with Crippen molar-refractivity contribution in [2.24, 2.45) is 11.8 Å². The summed E-state index contributed by atoms with van der Waals surface area (Å²) in [6.07, 6.45) is 7.63. The summed E-state index contributed by atoms with van der Waals surface area (Å²) in [6, 6.07) is 2.70. The second-order valence-electron chi connectivity index (χ2n) is 5.15. The SMILES string of the molecule is CC1CC(C)CC(Nc2cncc(Br)c2)C1. The lowest BCUT2D eigenvalue weighted by molar-refractivity contribution is 0.281. The largest absolute Gasteiger partial charge is 0.381 e. The van der Waals surface area contributed by atoms with Crippen LogP contribution in [0, 0.1) is 11.8 Å². The van der Waals surface area contributed by atoms with Gasteiger partial charge in [0.2, 0.25) is 0 Å². The van der Waals surface area contributed by atoms with Crippen LogP contribution in [0.25, 0.3) is 0 Å². The van der Waals surface area contributed by atoms with Gasteiger partial charge in [-0.3, -0.25) is 4.98 Å². The summed E-state index contributed by atoms with van der Waals surface area (Å²) in [5.41, 5.74) is 1.13. The van der Waals surface area contributed by atoms with E-state index in [2.05, 4.69) is 46.1 Å². The van der Waals surface area contributed by atoms with E-state index < -0.39 is 0 Å². The predicted molar refractivity (Wildman–Crippen MR) is 71.5 cm³/mol. The molecule has 3 heteroatoms. The molecular weight excluding hydrogens is 264 g/mol.